The summed E-state index contributed by atoms with van der Waals surface area (Å²) in [5.41, 5.74) is 0.623. The van der Waals surface area contributed by atoms with Crippen LogP contribution >= 0.6 is 11.6 Å². The van der Waals surface area contributed by atoms with Crippen LogP contribution in [-0.2, 0) is 16.1 Å². The largest absolute Gasteiger partial charge is 0.383 e. The molecule has 19 heavy (non-hydrogen) atoms. The molecule has 0 fully saturated rings. The minimum atomic E-state index is -0.392. The van der Waals surface area contributed by atoms with Crippen LogP contribution in [0.25, 0.3) is 0 Å². The van der Waals surface area contributed by atoms with Gasteiger partial charge in [-0.2, -0.15) is 0 Å². The highest BCUT2D eigenvalue weighted by molar-refractivity contribution is 6.31. The maximum absolute atomic E-state index is 13.1. The fraction of sp³-hybridized carbons (Fsp3) is 0.462. The number of methoxy groups -OCH3 is 1. The SMILES string of the molecule is COCCNC(=O)C(C)NCc1cc(F)ccc1Cl. The normalized spacial score (nSPS) is 12.2. The number of carbonyl (C=O) groups excluding carboxylic acids is 1. The molecule has 106 valence electrons. The van der Waals surface area contributed by atoms with E-state index in [0.717, 1.165) is 0 Å². The summed E-state index contributed by atoms with van der Waals surface area (Å²) in [6.07, 6.45) is 0. The topological polar surface area (TPSA) is 50.4 Å². The summed E-state index contributed by atoms with van der Waals surface area (Å²) in [4.78, 5) is 11.7. The Kier molecular flexibility index (Phi) is 6.77. The molecule has 1 aromatic rings. The third-order valence-corrected chi connectivity index (χ3v) is 2.97. The number of hydrogen-bond donors (Lipinski definition) is 2. The molecule has 0 bridgehead atoms. The van der Waals surface area contributed by atoms with Crippen molar-refractivity contribution in [3.8, 4) is 0 Å². The van der Waals surface area contributed by atoms with Crippen LogP contribution in [0.5, 0.6) is 0 Å². The first-order chi connectivity index (χ1) is 9.04. The summed E-state index contributed by atoms with van der Waals surface area (Å²) in [5, 5.41) is 6.17. The molecule has 0 radical (unpaired) electrons. The number of rotatable bonds is 7. The van der Waals surface area contributed by atoms with E-state index in [9.17, 15) is 9.18 Å². The molecule has 0 aliphatic carbocycles. The van der Waals surface area contributed by atoms with Crippen LogP contribution in [0.2, 0.25) is 5.02 Å². The van der Waals surface area contributed by atoms with E-state index in [0.29, 0.717) is 30.3 Å². The standard InChI is InChI=1S/C13H18ClFN2O2/c1-9(13(18)16-5-6-19-2)17-8-10-7-11(15)3-4-12(10)14/h3-4,7,9,17H,5-6,8H2,1-2H3,(H,16,18). The smallest absolute Gasteiger partial charge is 0.236 e. The molecule has 0 spiro atoms. The lowest BCUT2D eigenvalue weighted by atomic mass is 10.2. The molecule has 2 N–H and O–H groups in total. The fourth-order valence-corrected chi connectivity index (χ4v) is 1.65. The van der Waals surface area contributed by atoms with E-state index in [4.69, 9.17) is 16.3 Å². The van der Waals surface area contributed by atoms with Gasteiger partial charge in [0.25, 0.3) is 0 Å². The number of ether oxygens (including phenoxy) is 1. The summed E-state index contributed by atoms with van der Waals surface area (Å²) in [5.74, 6) is -0.483. The lowest BCUT2D eigenvalue weighted by molar-refractivity contribution is -0.122. The molecule has 0 saturated heterocycles. The van der Waals surface area contributed by atoms with Crippen LogP contribution in [-0.4, -0.2) is 32.2 Å². The average molecular weight is 289 g/mol. The molecule has 1 rings (SSSR count). The van der Waals surface area contributed by atoms with E-state index in [-0.39, 0.29) is 11.7 Å². The zero-order valence-corrected chi connectivity index (χ0v) is 11.8. The molecule has 1 amide bonds. The third-order valence-electron chi connectivity index (χ3n) is 2.61. The van der Waals surface area contributed by atoms with Crippen molar-refractivity contribution in [1.29, 1.82) is 0 Å². The molecule has 6 heteroatoms. The molecule has 4 nitrogen and oxygen atoms in total. The van der Waals surface area contributed by atoms with Crippen molar-refractivity contribution in [2.24, 2.45) is 0 Å². The summed E-state index contributed by atoms with van der Waals surface area (Å²) >= 11 is 5.94. The number of hydrogen-bond acceptors (Lipinski definition) is 3. The van der Waals surface area contributed by atoms with Gasteiger partial charge in [-0.05, 0) is 30.7 Å². The van der Waals surface area contributed by atoms with Gasteiger partial charge in [-0.3, -0.25) is 4.79 Å². The quantitative estimate of drug-likeness (QED) is 0.751. The summed E-state index contributed by atoms with van der Waals surface area (Å²) in [6.45, 7) is 2.99. The molecule has 0 aliphatic rings. The Hall–Kier alpha value is -1.17. The van der Waals surface area contributed by atoms with Gasteiger partial charge in [-0.25, -0.2) is 4.39 Å². The summed E-state index contributed by atoms with van der Waals surface area (Å²) in [6, 6.07) is 3.76. The van der Waals surface area contributed by atoms with Crippen LogP contribution in [0.4, 0.5) is 4.39 Å². The highest BCUT2D eigenvalue weighted by Crippen LogP contribution is 2.16. The van der Waals surface area contributed by atoms with Gasteiger partial charge in [0, 0.05) is 25.2 Å². The van der Waals surface area contributed by atoms with Crippen molar-refractivity contribution in [1.82, 2.24) is 10.6 Å². The number of halogens is 2. The zero-order chi connectivity index (χ0) is 14.3. The highest BCUT2D eigenvalue weighted by atomic mass is 35.5. The molecule has 1 atom stereocenters. The van der Waals surface area contributed by atoms with Gasteiger partial charge in [0.1, 0.15) is 5.82 Å². The van der Waals surface area contributed by atoms with Crippen LogP contribution in [0.3, 0.4) is 0 Å². The maximum Gasteiger partial charge on any atom is 0.236 e. The minimum Gasteiger partial charge on any atom is -0.383 e. The second-order valence-electron chi connectivity index (χ2n) is 4.12. The van der Waals surface area contributed by atoms with Gasteiger partial charge in [0.2, 0.25) is 5.91 Å². The highest BCUT2D eigenvalue weighted by Gasteiger charge is 2.12. The Labute approximate surface area is 117 Å². The predicted octanol–water partition coefficient (Wildman–Crippen LogP) is 1.72. The number of nitrogens with one attached hydrogen (secondary N) is 2. The molecule has 0 aromatic heterocycles. The van der Waals surface area contributed by atoms with Crippen molar-refractivity contribution in [2.75, 3.05) is 20.3 Å². The first kappa shape index (κ1) is 15.9. The fourth-order valence-electron chi connectivity index (χ4n) is 1.46. The second-order valence-corrected chi connectivity index (χ2v) is 4.53. The second kappa shape index (κ2) is 8.09. The Morgan fingerprint density at radius 3 is 2.95 bits per heavy atom. The average Bonchev–Trinajstić information content (AvgIpc) is 2.39. The van der Waals surface area contributed by atoms with E-state index in [2.05, 4.69) is 10.6 Å². The lowest BCUT2D eigenvalue weighted by Crippen LogP contribution is -2.42. The van der Waals surface area contributed by atoms with Crippen molar-refractivity contribution >= 4 is 17.5 Å². The van der Waals surface area contributed by atoms with Crippen molar-refractivity contribution in [3.05, 3.63) is 34.6 Å². The Morgan fingerprint density at radius 1 is 1.53 bits per heavy atom. The van der Waals surface area contributed by atoms with Crippen LogP contribution in [0.1, 0.15) is 12.5 Å². The van der Waals surface area contributed by atoms with Gasteiger partial charge >= 0.3 is 0 Å². The van der Waals surface area contributed by atoms with Gasteiger partial charge in [0.15, 0.2) is 0 Å². The predicted molar refractivity (Wildman–Crippen MR) is 72.6 cm³/mol. The lowest BCUT2D eigenvalue weighted by Gasteiger charge is -2.14. The molecule has 1 aromatic carbocycles. The molecule has 0 heterocycles. The first-order valence-corrected chi connectivity index (χ1v) is 6.36. The Bertz CT molecular complexity index is 429. The van der Waals surface area contributed by atoms with Gasteiger partial charge in [-0.15, -0.1) is 0 Å². The Morgan fingerprint density at radius 2 is 2.26 bits per heavy atom. The van der Waals surface area contributed by atoms with E-state index in [1.165, 1.54) is 18.2 Å². The molecule has 1 unspecified atom stereocenters. The van der Waals surface area contributed by atoms with Gasteiger partial charge in [0.05, 0.1) is 12.6 Å². The summed E-state index contributed by atoms with van der Waals surface area (Å²) in [7, 11) is 1.57. The third kappa shape index (κ3) is 5.55. The van der Waals surface area contributed by atoms with Gasteiger partial charge in [-0.1, -0.05) is 11.6 Å². The minimum absolute atomic E-state index is 0.135. The van der Waals surface area contributed by atoms with Crippen molar-refractivity contribution in [3.63, 3.8) is 0 Å². The van der Waals surface area contributed by atoms with E-state index in [1.807, 2.05) is 0 Å². The number of amides is 1. The van der Waals surface area contributed by atoms with Crippen molar-refractivity contribution < 1.29 is 13.9 Å². The zero-order valence-electron chi connectivity index (χ0n) is 11.0. The van der Waals surface area contributed by atoms with Crippen LogP contribution in [0.15, 0.2) is 18.2 Å². The molecule has 0 aliphatic heterocycles. The maximum atomic E-state index is 13.1. The monoisotopic (exact) mass is 288 g/mol. The van der Waals surface area contributed by atoms with E-state index < -0.39 is 6.04 Å². The number of carbonyl (C=O) groups is 1. The first-order valence-electron chi connectivity index (χ1n) is 5.98. The molecular weight excluding hydrogens is 271 g/mol. The van der Waals surface area contributed by atoms with E-state index >= 15 is 0 Å². The van der Waals surface area contributed by atoms with Crippen LogP contribution < -0.4 is 10.6 Å². The number of benzene rings is 1. The van der Waals surface area contributed by atoms with Crippen molar-refractivity contribution in [2.45, 2.75) is 19.5 Å². The Balaban J connectivity index is 2.42. The van der Waals surface area contributed by atoms with Crippen LogP contribution in [0, 0.1) is 5.82 Å². The molecule has 0 saturated carbocycles. The molecular formula is C13H18ClFN2O2. The van der Waals surface area contributed by atoms with Gasteiger partial charge < -0.3 is 15.4 Å². The van der Waals surface area contributed by atoms with E-state index in [1.54, 1.807) is 14.0 Å². The summed E-state index contributed by atoms with van der Waals surface area (Å²) < 4.78 is 17.9.